The van der Waals surface area contributed by atoms with Gasteiger partial charge < -0.3 is 15.2 Å². The van der Waals surface area contributed by atoms with Crippen LogP contribution in [0.1, 0.15) is 17.2 Å². The highest BCUT2D eigenvalue weighted by Crippen LogP contribution is 2.37. The monoisotopic (exact) mass is 229 g/mol. The molecule has 0 spiro atoms. The fourth-order valence-electron chi connectivity index (χ4n) is 1.91. The molecule has 1 aromatic carbocycles. The SMILES string of the molecule is CNCC(O)c1c(F)cc(F)c2c1OCC2. The molecule has 1 atom stereocenters. The number of hydrogen-bond acceptors (Lipinski definition) is 3. The van der Waals surface area contributed by atoms with Crippen molar-refractivity contribution in [3.05, 3.63) is 28.8 Å². The Morgan fingerprint density at radius 1 is 1.50 bits per heavy atom. The first-order valence-electron chi connectivity index (χ1n) is 5.11. The van der Waals surface area contributed by atoms with Crippen LogP contribution in [0.5, 0.6) is 5.75 Å². The Morgan fingerprint density at radius 3 is 2.94 bits per heavy atom. The molecule has 0 saturated carbocycles. The summed E-state index contributed by atoms with van der Waals surface area (Å²) >= 11 is 0. The molecule has 0 fully saturated rings. The summed E-state index contributed by atoms with van der Waals surface area (Å²) in [6.07, 6.45) is -0.613. The average molecular weight is 229 g/mol. The Hall–Kier alpha value is -1.20. The topological polar surface area (TPSA) is 41.5 Å². The molecule has 3 nitrogen and oxygen atoms in total. The van der Waals surface area contributed by atoms with Crippen LogP contribution in [-0.4, -0.2) is 25.3 Å². The van der Waals surface area contributed by atoms with Gasteiger partial charge in [-0.1, -0.05) is 0 Å². The number of nitrogens with one attached hydrogen (secondary N) is 1. The van der Waals surface area contributed by atoms with E-state index < -0.39 is 17.7 Å². The summed E-state index contributed by atoms with van der Waals surface area (Å²) < 4.78 is 32.1. The smallest absolute Gasteiger partial charge is 0.135 e. The van der Waals surface area contributed by atoms with E-state index in [-0.39, 0.29) is 17.9 Å². The van der Waals surface area contributed by atoms with Crippen LogP contribution in [0.4, 0.5) is 8.78 Å². The van der Waals surface area contributed by atoms with Crippen LogP contribution in [0, 0.1) is 11.6 Å². The Labute approximate surface area is 92.0 Å². The summed E-state index contributed by atoms with van der Waals surface area (Å²) in [5, 5.41) is 12.5. The van der Waals surface area contributed by atoms with Crippen molar-refractivity contribution in [3.63, 3.8) is 0 Å². The van der Waals surface area contributed by atoms with Gasteiger partial charge in [0.2, 0.25) is 0 Å². The van der Waals surface area contributed by atoms with Crippen LogP contribution in [0.25, 0.3) is 0 Å². The van der Waals surface area contributed by atoms with E-state index in [1.807, 2.05) is 0 Å². The van der Waals surface area contributed by atoms with Crippen molar-refractivity contribution in [1.82, 2.24) is 5.32 Å². The van der Waals surface area contributed by atoms with Gasteiger partial charge in [-0.3, -0.25) is 0 Å². The van der Waals surface area contributed by atoms with E-state index in [9.17, 15) is 13.9 Å². The van der Waals surface area contributed by atoms with E-state index in [2.05, 4.69) is 5.32 Å². The van der Waals surface area contributed by atoms with Crippen LogP contribution in [0.3, 0.4) is 0 Å². The second-order valence-corrected chi connectivity index (χ2v) is 3.73. The zero-order valence-corrected chi connectivity index (χ0v) is 8.89. The van der Waals surface area contributed by atoms with Crippen molar-refractivity contribution in [2.45, 2.75) is 12.5 Å². The molecular formula is C11H13F2NO2. The van der Waals surface area contributed by atoms with E-state index in [1.165, 1.54) is 0 Å². The summed E-state index contributed by atoms with van der Waals surface area (Å²) in [6, 6.07) is 0.807. The van der Waals surface area contributed by atoms with Crippen LogP contribution < -0.4 is 10.1 Å². The van der Waals surface area contributed by atoms with E-state index in [0.29, 0.717) is 18.6 Å². The van der Waals surface area contributed by atoms with Gasteiger partial charge in [-0.05, 0) is 7.05 Å². The lowest BCUT2D eigenvalue weighted by atomic mass is 10.0. The minimum Gasteiger partial charge on any atom is -0.492 e. The summed E-state index contributed by atoms with van der Waals surface area (Å²) in [4.78, 5) is 0. The first kappa shape index (κ1) is 11.3. The third kappa shape index (κ3) is 1.76. The Balaban J connectivity index is 2.48. The maximum absolute atomic E-state index is 13.6. The number of likely N-dealkylation sites (N-methyl/N-ethyl adjacent to an activating group) is 1. The molecule has 1 heterocycles. The quantitative estimate of drug-likeness (QED) is 0.817. The molecule has 0 saturated heterocycles. The molecule has 0 aliphatic carbocycles. The Bertz CT molecular complexity index is 409. The molecule has 88 valence electrons. The lowest BCUT2D eigenvalue weighted by Gasteiger charge is -2.15. The normalized spacial score (nSPS) is 15.8. The number of aliphatic hydroxyl groups excluding tert-OH is 1. The molecule has 0 bridgehead atoms. The fraction of sp³-hybridized carbons (Fsp3) is 0.455. The van der Waals surface area contributed by atoms with Crippen molar-refractivity contribution in [3.8, 4) is 5.75 Å². The van der Waals surface area contributed by atoms with E-state index in [1.54, 1.807) is 7.05 Å². The molecule has 2 N–H and O–H groups in total. The predicted molar refractivity (Wildman–Crippen MR) is 54.4 cm³/mol. The zero-order valence-electron chi connectivity index (χ0n) is 8.89. The Morgan fingerprint density at radius 2 is 2.25 bits per heavy atom. The van der Waals surface area contributed by atoms with E-state index in [4.69, 9.17) is 4.74 Å². The second-order valence-electron chi connectivity index (χ2n) is 3.73. The van der Waals surface area contributed by atoms with Crippen molar-refractivity contribution < 1.29 is 18.6 Å². The molecular weight excluding hydrogens is 216 g/mol. The lowest BCUT2D eigenvalue weighted by Crippen LogP contribution is -2.18. The van der Waals surface area contributed by atoms with Crippen molar-refractivity contribution in [2.75, 3.05) is 20.2 Å². The largest absolute Gasteiger partial charge is 0.492 e. The highest BCUT2D eigenvalue weighted by atomic mass is 19.1. The maximum Gasteiger partial charge on any atom is 0.135 e. The maximum atomic E-state index is 13.6. The molecule has 1 unspecified atom stereocenters. The van der Waals surface area contributed by atoms with Gasteiger partial charge in [0, 0.05) is 24.6 Å². The van der Waals surface area contributed by atoms with Crippen LogP contribution >= 0.6 is 0 Å². The number of aliphatic hydroxyl groups is 1. The molecule has 5 heteroatoms. The minimum absolute atomic E-state index is 0.0447. The van der Waals surface area contributed by atoms with Gasteiger partial charge in [-0.25, -0.2) is 8.78 Å². The lowest BCUT2D eigenvalue weighted by molar-refractivity contribution is 0.167. The molecule has 2 rings (SSSR count). The molecule has 1 aliphatic heterocycles. The molecule has 1 aliphatic rings. The van der Waals surface area contributed by atoms with E-state index in [0.717, 1.165) is 6.07 Å². The van der Waals surface area contributed by atoms with E-state index >= 15 is 0 Å². The standard InChI is InChI=1S/C11H13F2NO2/c1-14-5-9(15)10-8(13)4-7(12)6-2-3-16-11(6)10/h4,9,14-15H,2-3,5H2,1H3. The summed E-state index contributed by atoms with van der Waals surface area (Å²) in [5.41, 5.74) is 0.398. The van der Waals surface area contributed by atoms with Gasteiger partial charge in [0.1, 0.15) is 17.4 Å². The summed E-state index contributed by atoms with van der Waals surface area (Å²) in [6.45, 7) is 0.521. The predicted octanol–water partition coefficient (Wildman–Crippen LogP) is 1.15. The number of ether oxygens (including phenoxy) is 1. The Kier molecular flexibility index (Phi) is 3.07. The third-order valence-electron chi connectivity index (χ3n) is 2.65. The molecule has 0 amide bonds. The molecule has 1 aromatic rings. The first-order valence-corrected chi connectivity index (χ1v) is 5.11. The number of benzene rings is 1. The number of fused-ring (bicyclic) bond motifs is 1. The van der Waals surface area contributed by atoms with Crippen LogP contribution in [-0.2, 0) is 6.42 Å². The second kappa shape index (κ2) is 4.35. The van der Waals surface area contributed by atoms with Gasteiger partial charge in [-0.15, -0.1) is 0 Å². The van der Waals surface area contributed by atoms with Crippen molar-refractivity contribution in [1.29, 1.82) is 0 Å². The minimum atomic E-state index is -1.03. The fourth-order valence-corrected chi connectivity index (χ4v) is 1.91. The van der Waals surface area contributed by atoms with Gasteiger partial charge in [0.15, 0.2) is 0 Å². The summed E-state index contributed by atoms with van der Waals surface area (Å²) in [5.74, 6) is -1.20. The van der Waals surface area contributed by atoms with Gasteiger partial charge in [0.25, 0.3) is 0 Å². The van der Waals surface area contributed by atoms with Gasteiger partial charge in [-0.2, -0.15) is 0 Å². The van der Waals surface area contributed by atoms with Gasteiger partial charge in [0.05, 0.1) is 18.3 Å². The van der Waals surface area contributed by atoms with Crippen molar-refractivity contribution >= 4 is 0 Å². The van der Waals surface area contributed by atoms with Crippen LogP contribution in [0.15, 0.2) is 6.07 Å². The number of halogens is 2. The molecule has 0 radical (unpaired) electrons. The first-order chi connectivity index (χ1) is 7.65. The van der Waals surface area contributed by atoms with Crippen molar-refractivity contribution in [2.24, 2.45) is 0 Å². The number of hydrogen-bond donors (Lipinski definition) is 2. The third-order valence-corrected chi connectivity index (χ3v) is 2.65. The average Bonchev–Trinajstić information content (AvgIpc) is 2.66. The molecule has 16 heavy (non-hydrogen) atoms. The van der Waals surface area contributed by atoms with Gasteiger partial charge >= 0.3 is 0 Å². The summed E-state index contributed by atoms with van der Waals surface area (Å²) in [7, 11) is 1.64. The van der Waals surface area contributed by atoms with Crippen LogP contribution in [0.2, 0.25) is 0 Å². The molecule has 0 aromatic heterocycles. The zero-order chi connectivity index (χ0) is 11.7. The number of rotatable bonds is 3. The highest BCUT2D eigenvalue weighted by molar-refractivity contribution is 5.47. The highest BCUT2D eigenvalue weighted by Gasteiger charge is 2.27.